The van der Waals surface area contributed by atoms with Crippen LogP contribution in [0.5, 0.6) is 11.5 Å². The summed E-state index contributed by atoms with van der Waals surface area (Å²) in [5.74, 6) is 0.797. The Morgan fingerprint density at radius 3 is 2.10 bits per heavy atom. The van der Waals surface area contributed by atoms with Crippen molar-refractivity contribution in [3.8, 4) is 11.5 Å². The zero-order valence-electron chi connectivity index (χ0n) is 17.3. The Bertz CT molecular complexity index is 1100. The van der Waals surface area contributed by atoms with Crippen LogP contribution in [0.3, 0.4) is 0 Å². The molecule has 0 radical (unpaired) electrons. The first kappa shape index (κ1) is 22.2. The van der Waals surface area contributed by atoms with Crippen LogP contribution in [0.4, 0.5) is 11.4 Å². The molecule has 0 aliphatic heterocycles. The number of carbonyl (C=O) groups is 1. The maximum Gasteiger partial charge on any atom is 0.264 e. The van der Waals surface area contributed by atoms with Crippen molar-refractivity contribution in [3.63, 3.8) is 0 Å². The van der Waals surface area contributed by atoms with Gasteiger partial charge in [0.1, 0.15) is 18.0 Å². The number of hydrogen-bond acceptors (Lipinski definition) is 5. The zero-order chi connectivity index (χ0) is 22.3. The number of sulfonamides is 1. The molecule has 7 nitrogen and oxygen atoms in total. The molecule has 1 amide bonds. The van der Waals surface area contributed by atoms with Crippen LogP contribution in [-0.2, 0) is 14.8 Å². The van der Waals surface area contributed by atoms with Gasteiger partial charge in [-0.3, -0.25) is 9.10 Å². The number of amides is 1. The molecular weight excluding hydrogens is 416 g/mol. The molecule has 31 heavy (non-hydrogen) atoms. The standard InChI is InChI=1S/C23H24N2O5S/c1-3-30-21-13-9-18(10-14-21)24-23(26)17-25(19-11-15-20(29-2)16-12-19)31(27,28)22-7-5-4-6-8-22/h4-16H,3,17H2,1-2H3,(H,24,26). The van der Waals surface area contributed by atoms with E-state index in [0.29, 0.717) is 29.5 Å². The molecule has 0 saturated heterocycles. The molecule has 0 aliphatic carbocycles. The van der Waals surface area contributed by atoms with Crippen LogP contribution in [0, 0.1) is 0 Å². The second-order valence-corrected chi connectivity index (χ2v) is 8.39. The number of nitrogens with zero attached hydrogens (tertiary/aromatic N) is 1. The lowest BCUT2D eigenvalue weighted by molar-refractivity contribution is -0.114. The Hall–Kier alpha value is -3.52. The fourth-order valence-electron chi connectivity index (χ4n) is 2.92. The average molecular weight is 441 g/mol. The second-order valence-electron chi connectivity index (χ2n) is 6.53. The van der Waals surface area contributed by atoms with E-state index in [9.17, 15) is 13.2 Å². The van der Waals surface area contributed by atoms with Crippen LogP contribution in [-0.4, -0.2) is 34.6 Å². The number of hydrogen-bond donors (Lipinski definition) is 1. The van der Waals surface area contributed by atoms with Crippen LogP contribution in [0.1, 0.15) is 6.92 Å². The predicted octanol–water partition coefficient (Wildman–Crippen LogP) is 3.93. The average Bonchev–Trinajstić information content (AvgIpc) is 2.79. The molecule has 0 aliphatic rings. The molecule has 162 valence electrons. The lowest BCUT2D eigenvalue weighted by Gasteiger charge is -2.24. The van der Waals surface area contributed by atoms with Gasteiger partial charge < -0.3 is 14.8 Å². The quantitative estimate of drug-likeness (QED) is 0.545. The lowest BCUT2D eigenvalue weighted by Crippen LogP contribution is -2.38. The topological polar surface area (TPSA) is 84.9 Å². The molecular formula is C23H24N2O5S. The molecule has 1 N–H and O–H groups in total. The largest absolute Gasteiger partial charge is 0.497 e. The summed E-state index contributed by atoms with van der Waals surface area (Å²) in [5, 5.41) is 2.73. The summed E-state index contributed by atoms with van der Waals surface area (Å²) in [6, 6.07) is 21.4. The van der Waals surface area contributed by atoms with E-state index < -0.39 is 22.5 Å². The van der Waals surface area contributed by atoms with E-state index in [4.69, 9.17) is 9.47 Å². The summed E-state index contributed by atoms with van der Waals surface area (Å²) in [5.41, 5.74) is 0.895. The summed E-state index contributed by atoms with van der Waals surface area (Å²) >= 11 is 0. The van der Waals surface area contributed by atoms with Crippen molar-refractivity contribution < 1.29 is 22.7 Å². The highest BCUT2D eigenvalue weighted by atomic mass is 32.2. The van der Waals surface area contributed by atoms with E-state index in [1.54, 1.807) is 66.7 Å². The van der Waals surface area contributed by atoms with Gasteiger partial charge in [0, 0.05) is 5.69 Å². The summed E-state index contributed by atoms with van der Waals surface area (Å²) in [6.07, 6.45) is 0. The molecule has 0 atom stereocenters. The Kier molecular flexibility index (Phi) is 7.15. The molecule has 0 heterocycles. The van der Waals surface area contributed by atoms with E-state index in [0.717, 1.165) is 4.31 Å². The van der Waals surface area contributed by atoms with Crippen molar-refractivity contribution in [2.45, 2.75) is 11.8 Å². The van der Waals surface area contributed by atoms with E-state index in [-0.39, 0.29) is 4.90 Å². The van der Waals surface area contributed by atoms with Gasteiger partial charge in [0.05, 0.1) is 24.3 Å². The summed E-state index contributed by atoms with van der Waals surface area (Å²) < 4.78 is 38.2. The highest BCUT2D eigenvalue weighted by Gasteiger charge is 2.27. The third kappa shape index (κ3) is 5.55. The highest BCUT2D eigenvalue weighted by Crippen LogP contribution is 2.26. The molecule has 0 fully saturated rings. The number of benzene rings is 3. The number of rotatable bonds is 9. The Labute approximate surface area is 182 Å². The summed E-state index contributed by atoms with van der Waals surface area (Å²) in [4.78, 5) is 12.8. The molecule has 0 aromatic heterocycles. The summed E-state index contributed by atoms with van der Waals surface area (Å²) in [7, 11) is -2.44. The highest BCUT2D eigenvalue weighted by molar-refractivity contribution is 7.92. The minimum Gasteiger partial charge on any atom is -0.497 e. The Morgan fingerprint density at radius 2 is 1.52 bits per heavy atom. The molecule has 0 unspecified atom stereocenters. The van der Waals surface area contributed by atoms with E-state index in [1.165, 1.54) is 19.2 Å². The fraction of sp³-hybridized carbons (Fsp3) is 0.174. The van der Waals surface area contributed by atoms with Gasteiger partial charge >= 0.3 is 0 Å². The maximum absolute atomic E-state index is 13.3. The van der Waals surface area contributed by atoms with Crippen LogP contribution < -0.4 is 19.1 Å². The van der Waals surface area contributed by atoms with Gasteiger partial charge in [-0.15, -0.1) is 0 Å². The first-order chi connectivity index (χ1) is 14.9. The third-order valence-electron chi connectivity index (χ3n) is 4.43. The first-order valence-electron chi connectivity index (χ1n) is 9.68. The monoisotopic (exact) mass is 440 g/mol. The Balaban J connectivity index is 1.86. The normalized spacial score (nSPS) is 10.9. The van der Waals surface area contributed by atoms with E-state index in [2.05, 4.69) is 5.32 Å². The fourth-order valence-corrected chi connectivity index (χ4v) is 4.36. The summed E-state index contributed by atoms with van der Waals surface area (Å²) in [6.45, 7) is 2.03. The molecule has 0 bridgehead atoms. The zero-order valence-corrected chi connectivity index (χ0v) is 18.1. The van der Waals surface area contributed by atoms with Gasteiger partial charge in [0.2, 0.25) is 5.91 Å². The second kappa shape index (κ2) is 9.99. The first-order valence-corrected chi connectivity index (χ1v) is 11.1. The van der Waals surface area contributed by atoms with Gasteiger partial charge in [-0.1, -0.05) is 18.2 Å². The SMILES string of the molecule is CCOc1ccc(NC(=O)CN(c2ccc(OC)cc2)S(=O)(=O)c2ccccc2)cc1. The van der Waals surface area contributed by atoms with Crippen LogP contribution in [0.2, 0.25) is 0 Å². The van der Waals surface area contributed by atoms with Gasteiger partial charge in [0.25, 0.3) is 10.0 Å². The van der Waals surface area contributed by atoms with Crippen molar-refractivity contribution in [1.29, 1.82) is 0 Å². The molecule has 8 heteroatoms. The van der Waals surface area contributed by atoms with Gasteiger partial charge in [-0.25, -0.2) is 8.42 Å². The molecule has 0 saturated carbocycles. The Morgan fingerprint density at radius 1 is 0.903 bits per heavy atom. The van der Waals surface area contributed by atoms with Crippen molar-refractivity contribution in [2.24, 2.45) is 0 Å². The van der Waals surface area contributed by atoms with Crippen LogP contribution in [0.25, 0.3) is 0 Å². The number of methoxy groups -OCH3 is 1. The lowest BCUT2D eigenvalue weighted by atomic mass is 10.3. The molecule has 0 spiro atoms. The van der Waals surface area contributed by atoms with E-state index in [1.807, 2.05) is 6.92 Å². The number of carbonyl (C=O) groups excluding carboxylic acids is 1. The molecule has 3 rings (SSSR count). The van der Waals surface area contributed by atoms with Crippen LogP contribution in [0.15, 0.2) is 83.8 Å². The molecule has 3 aromatic rings. The van der Waals surface area contributed by atoms with Crippen LogP contribution >= 0.6 is 0 Å². The number of nitrogens with one attached hydrogen (secondary N) is 1. The van der Waals surface area contributed by atoms with E-state index >= 15 is 0 Å². The van der Waals surface area contributed by atoms with Gasteiger partial charge in [0.15, 0.2) is 0 Å². The minimum atomic E-state index is -3.96. The van der Waals surface area contributed by atoms with Gasteiger partial charge in [-0.05, 0) is 67.6 Å². The van der Waals surface area contributed by atoms with Crippen molar-refractivity contribution in [3.05, 3.63) is 78.9 Å². The minimum absolute atomic E-state index is 0.0969. The maximum atomic E-state index is 13.3. The number of ether oxygens (including phenoxy) is 2. The van der Waals surface area contributed by atoms with Crippen molar-refractivity contribution in [2.75, 3.05) is 29.9 Å². The third-order valence-corrected chi connectivity index (χ3v) is 6.22. The number of anilines is 2. The predicted molar refractivity (Wildman–Crippen MR) is 120 cm³/mol. The smallest absolute Gasteiger partial charge is 0.264 e. The molecule has 3 aromatic carbocycles. The van der Waals surface area contributed by atoms with Crippen molar-refractivity contribution >= 4 is 27.3 Å². The van der Waals surface area contributed by atoms with Crippen molar-refractivity contribution in [1.82, 2.24) is 0 Å². The van der Waals surface area contributed by atoms with Gasteiger partial charge in [-0.2, -0.15) is 0 Å².